The van der Waals surface area contributed by atoms with Crippen molar-refractivity contribution in [3.63, 3.8) is 0 Å². The quantitative estimate of drug-likeness (QED) is 0.643. The summed E-state index contributed by atoms with van der Waals surface area (Å²) in [5.74, 6) is 0. The first-order valence-corrected chi connectivity index (χ1v) is 4.80. The van der Waals surface area contributed by atoms with E-state index in [0.29, 0.717) is 13.0 Å². The van der Waals surface area contributed by atoms with Crippen molar-refractivity contribution in [1.82, 2.24) is 4.90 Å². The molecule has 0 aromatic rings. The van der Waals surface area contributed by atoms with Gasteiger partial charge in [0.1, 0.15) is 5.60 Å². The summed E-state index contributed by atoms with van der Waals surface area (Å²) in [5.41, 5.74) is -0.454. The molecule has 0 spiro atoms. The standard InChI is InChI=1S/C10H16N2O2/c1-10(2,3)14-9(13)12-7-5-8(12)4-6-11/h8H,4-5,7H2,1-3H3. The summed E-state index contributed by atoms with van der Waals surface area (Å²) in [7, 11) is 0. The molecule has 0 saturated carbocycles. The van der Waals surface area contributed by atoms with E-state index in [1.807, 2.05) is 20.8 Å². The molecule has 1 aliphatic rings. The first-order chi connectivity index (χ1) is 6.44. The number of nitriles is 1. The van der Waals surface area contributed by atoms with Crippen LogP contribution in [0, 0.1) is 11.3 Å². The van der Waals surface area contributed by atoms with Crippen LogP contribution in [0.3, 0.4) is 0 Å². The number of hydrogen-bond donors (Lipinski definition) is 0. The van der Waals surface area contributed by atoms with Crippen LogP contribution in [-0.2, 0) is 4.74 Å². The maximum atomic E-state index is 11.5. The van der Waals surface area contributed by atoms with Crippen molar-refractivity contribution in [2.75, 3.05) is 6.54 Å². The van der Waals surface area contributed by atoms with Crippen LogP contribution in [0.1, 0.15) is 33.6 Å². The molecule has 1 fully saturated rings. The lowest BCUT2D eigenvalue weighted by Crippen LogP contribution is -2.52. The van der Waals surface area contributed by atoms with Gasteiger partial charge in [0, 0.05) is 12.6 Å². The summed E-state index contributed by atoms with van der Waals surface area (Å²) < 4.78 is 5.20. The fraction of sp³-hybridized carbons (Fsp3) is 0.800. The van der Waals surface area contributed by atoms with Gasteiger partial charge in [0.05, 0.1) is 12.5 Å². The Kier molecular flexibility index (Phi) is 3.00. The van der Waals surface area contributed by atoms with Gasteiger partial charge in [-0.25, -0.2) is 4.79 Å². The molecule has 0 radical (unpaired) electrons. The van der Waals surface area contributed by atoms with E-state index in [4.69, 9.17) is 10.00 Å². The highest BCUT2D eigenvalue weighted by Crippen LogP contribution is 2.22. The van der Waals surface area contributed by atoms with Crippen LogP contribution in [0.4, 0.5) is 4.79 Å². The van der Waals surface area contributed by atoms with Crippen LogP contribution in [0.15, 0.2) is 0 Å². The van der Waals surface area contributed by atoms with E-state index in [-0.39, 0.29) is 12.1 Å². The Morgan fingerprint density at radius 1 is 1.64 bits per heavy atom. The van der Waals surface area contributed by atoms with Gasteiger partial charge in [-0.05, 0) is 27.2 Å². The average Bonchev–Trinajstić information content (AvgIpc) is 1.93. The first kappa shape index (κ1) is 10.8. The van der Waals surface area contributed by atoms with Crippen molar-refractivity contribution in [3.05, 3.63) is 0 Å². The smallest absolute Gasteiger partial charge is 0.410 e. The van der Waals surface area contributed by atoms with E-state index in [1.54, 1.807) is 4.90 Å². The first-order valence-electron chi connectivity index (χ1n) is 4.80. The number of nitrogens with zero attached hydrogens (tertiary/aromatic N) is 2. The third kappa shape index (κ3) is 2.63. The van der Waals surface area contributed by atoms with Crippen molar-refractivity contribution in [2.24, 2.45) is 0 Å². The lowest BCUT2D eigenvalue weighted by molar-refractivity contribution is -0.00421. The SMILES string of the molecule is CC(C)(C)OC(=O)N1CCC1CC#N. The van der Waals surface area contributed by atoms with Gasteiger partial charge >= 0.3 is 6.09 Å². The molecule has 0 aromatic carbocycles. The van der Waals surface area contributed by atoms with Crippen molar-refractivity contribution in [1.29, 1.82) is 5.26 Å². The summed E-state index contributed by atoms with van der Waals surface area (Å²) in [6, 6.07) is 2.13. The molecule has 1 heterocycles. The summed E-state index contributed by atoms with van der Waals surface area (Å²) in [4.78, 5) is 13.1. The number of amides is 1. The van der Waals surface area contributed by atoms with Crippen LogP contribution >= 0.6 is 0 Å². The van der Waals surface area contributed by atoms with Gasteiger partial charge in [-0.1, -0.05) is 0 Å². The number of carbonyl (C=O) groups is 1. The van der Waals surface area contributed by atoms with E-state index in [1.165, 1.54) is 0 Å². The van der Waals surface area contributed by atoms with Gasteiger partial charge in [0.25, 0.3) is 0 Å². The fourth-order valence-corrected chi connectivity index (χ4v) is 1.32. The highest BCUT2D eigenvalue weighted by atomic mass is 16.6. The molecule has 1 aliphatic heterocycles. The zero-order valence-electron chi connectivity index (χ0n) is 8.91. The summed E-state index contributed by atoms with van der Waals surface area (Å²) in [6.45, 7) is 6.22. The Morgan fingerprint density at radius 2 is 2.29 bits per heavy atom. The molecule has 14 heavy (non-hydrogen) atoms. The second-order valence-electron chi connectivity index (χ2n) is 4.48. The fourth-order valence-electron chi connectivity index (χ4n) is 1.32. The molecule has 1 amide bonds. The van der Waals surface area contributed by atoms with Crippen LogP contribution < -0.4 is 0 Å². The lowest BCUT2D eigenvalue weighted by atomic mass is 10.0. The average molecular weight is 196 g/mol. The molecule has 0 N–H and O–H groups in total. The van der Waals surface area contributed by atoms with Crippen LogP contribution in [-0.4, -0.2) is 29.2 Å². The highest BCUT2D eigenvalue weighted by molar-refractivity contribution is 5.69. The molecular formula is C10H16N2O2. The molecule has 0 aromatic heterocycles. The molecule has 1 atom stereocenters. The molecule has 0 aliphatic carbocycles. The largest absolute Gasteiger partial charge is 0.444 e. The van der Waals surface area contributed by atoms with Crippen LogP contribution in [0.5, 0.6) is 0 Å². The number of likely N-dealkylation sites (tertiary alicyclic amines) is 1. The molecule has 0 bridgehead atoms. The van der Waals surface area contributed by atoms with Crippen LogP contribution in [0.2, 0.25) is 0 Å². The van der Waals surface area contributed by atoms with Gasteiger partial charge in [-0.2, -0.15) is 5.26 Å². The number of ether oxygens (including phenoxy) is 1. The Morgan fingerprint density at radius 3 is 2.64 bits per heavy atom. The highest BCUT2D eigenvalue weighted by Gasteiger charge is 2.34. The third-order valence-electron chi connectivity index (χ3n) is 2.10. The minimum absolute atomic E-state index is 0.0647. The molecule has 78 valence electrons. The van der Waals surface area contributed by atoms with Crippen LogP contribution in [0.25, 0.3) is 0 Å². The zero-order valence-corrected chi connectivity index (χ0v) is 8.91. The van der Waals surface area contributed by atoms with E-state index >= 15 is 0 Å². The maximum Gasteiger partial charge on any atom is 0.410 e. The van der Waals surface area contributed by atoms with Gasteiger partial charge < -0.3 is 9.64 Å². The third-order valence-corrected chi connectivity index (χ3v) is 2.10. The Balaban J connectivity index is 2.43. The number of carbonyl (C=O) groups excluding carboxylic acids is 1. The molecule has 1 unspecified atom stereocenters. The summed E-state index contributed by atoms with van der Waals surface area (Å²) >= 11 is 0. The van der Waals surface area contributed by atoms with Gasteiger partial charge in [0.15, 0.2) is 0 Å². The van der Waals surface area contributed by atoms with Crippen molar-refractivity contribution in [3.8, 4) is 6.07 Å². The van der Waals surface area contributed by atoms with E-state index in [9.17, 15) is 4.79 Å². The van der Waals surface area contributed by atoms with Gasteiger partial charge in [-0.3, -0.25) is 0 Å². The second kappa shape index (κ2) is 3.87. The lowest BCUT2D eigenvalue weighted by Gasteiger charge is -2.40. The normalized spacial score (nSPS) is 21.0. The minimum atomic E-state index is -0.454. The minimum Gasteiger partial charge on any atom is -0.444 e. The summed E-state index contributed by atoms with van der Waals surface area (Å²) in [5, 5.41) is 8.51. The molecule has 4 nitrogen and oxygen atoms in total. The molecule has 1 rings (SSSR count). The summed E-state index contributed by atoms with van der Waals surface area (Å²) in [6.07, 6.45) is 1.01. The zero-order chi connectivity index (χ0) is 10.8. The monoisotopic (exact) mass is 196 g/mol. The van der Waals surface area contributed by atoms with E-state index in [2.05, 4.69) is 6.07 Å². The van der Waals surface area contributed by atoms with Crippen molar-refractivity contribution in [2.45, 2.75) is 45.3 Å². The Labute approximate surface area is 84.4 Å². The van der Waals surface area contributed by atoms with Crippen molar-refractivity contribution >= 4 is 6.09 Å². The topological polar surface area (TPSA) is 53.3 Å². The van der Waals surface area contributed by atoms with Gasteiger partial charge in [0.2, 0.25) is 0 Å². The number of rotatable bonds is 1. The predicted octanol–water partition coefficient (Wildman–Crippen LogP) is 1.91. The van der Waals surface area contributed by atoms with E-state index in [0.717, 1.165) is 6.42 Å². The van der Waals surface area contributed by atoms with Gasteiger partial charge in [-0.15, -0.1) is 0 Å². The second-order valence-corrected chi connectivity index (χ2v) is 4.48. The maximum absolute atomic E-state index is 11.5. The Bertz CT molecular complexity index is 262. The number of hydrogen-bond acceptors (Lipinski definition) is 3. The van der Waals surface area contributed by atoms with Crippen molar-refractivity contribution < 1.29 is 9.53 Å². The molecular weight excluding hydrogens is 180 g/mol. The molecule has 4 heteroatoms. The Hall–Kier alpha value is -1.24. The van der Waals surface area contributed by atoms with E-state index < -0.39 is 5.60 Å². The molecule has 1 saturated heterocycles. The predicted molar refractivity (Wildman–Crippen MR) is 51.6 cm³/mol.